The van der Waals surface area contributed by atoms with Crippen molar-refractivity contribution in [2.45, 2.75) is 34.6 Å². The van der Waals surface area contributed by atoms with Crippen molar-refractivity contribution in [2.75, 3.05) is 0 Å². The second kappa shape index (κ2) is 40.8. The van der Waals surface area contributed by atoms with Gasteiger partial charge in [-0.2, -0.15) is 30.6 Å². The fraction of sp³-hybridized carbons (Fsp3) is 0.0467. The van der Waals surface area contributed by atoms with Crippen LogP contribution >= 0.6 is 69.6 Å². The van der Waals surface area contributed by atoms with Crippen molar-refractivity contribution in [3.05, 3.63) is 431 Å². The van der Waals surface area contributed by atoms with Crippen molar-refractivity contribution in [1.82, 2.24) is 117 Å². The molecule has 0 radical (unpaired) electrons. The molecule has 0 aliphatic carbocycles. The summed E-state index contributed by atoms with van der Waals surface area (Å²) >= 11 is 36.8. The molecule has 0 N–H and O–H groups in total. The van der Waals surface area contributed by atoms with Gasteiger partial charge in [-0.05, 0) is 244 Å². The fourth-order valence-electron chi connectivity index (χ4n) is 15.9. The molecule has 0 aliphatic heterocycles. The van der Waals surface area contributed by atoms with Crippen molar-refractivity contribution >= 4 is 103 Å². The average molecular weight is 1930 g/mol. The van der Waals surface area contributed by atoms with E-state index in [1.807, 2.05) is 233 Å². The summed E-state index contributed by atoms with van der Waals surface area (Å²) in [6.45, 7) is 10.3. The van der Waals surface area contributed by atoms with Crippen molar-refractivity contribution in [2.24, 2.45) is 0 Å². The second-order valence-electron chi connectivity index (χ2n) is 31.7. The molecule has 0 spiro atoms. The third kappa shape index (κ3) is 20.1. The molecular formula is C107H75Cl6FN24. The zero-order valence-corrected chi connectivity index (χ0v) is 78.6. The highest BCUT2D eigenvalue weighted by molar-refractivity contribution is 6.35. The Kier molecular flexibility index (Phi) is 26.8. The van der Waals surface area contributed by atoms with Gasteiger partial charge in [-0.3, -0.25) is 29.9 Å². The summed E-state index contributed by atoms with van der Waals surface area (Å²) < 4.78 is 24.9. The smallest absolute Gasteiger partial charge is 0.155 e. The molecule has 0 amide bonds. The number of benzene rings is 6. The number of hydrogen-bond donors (Lipinski definition) is 0. The maximum Gasteiger partial charge on any atom is 0.155 e. The summed E-state index contributed by atoms with van der Waals surface area (Å²) in [5, 5.41) is 28.5. The molecule has 24 rings (SSSR count). The molecule has 0 fully saturated rings. The van der Waals surface area contributed by atoms with Crippen LogP contribution in [0.2, 0.25) is 30.1 Å². The van der Waals surface area contributed by atoms with Gasteiger partial charge in [0.15, 0.2) is 39.7 Å². The van der Waals surface area contributed by atoms with Gasteiger partial charge in [-0.15, -0.1) is 0 Å². The van der Waals surface area contributed by atoms with Gasteiger partial charge in [0.05, 0.1) is 39.2 Å². The van der Waals surface area contributed by atoms with E-state index in [0.717, 1.165) is 179 Å². The van der Waals surface area contributed by atoms with E-state index in [-0.39, 0.29) is 5.02 Å². The zero-order chi connectivity index (χ0) is 94.9. The zero-order valence-electron chi connectivity index (χ0n) is 74.0. The van der Waals surface area contributed by atoms with Crippen LogP contribution in [0.15, 0.2) is 367 Å². The molecule has 0 aliphatic rings. The first-order chi connectivity index (χ1) is 67.3. The minimum Gasteiger partial charge on any atom is -0.256 e. The Morgan fingerprint density at radius 1 is 0.210 bits per heavy atom. The van der Waals surface area contributed by atoms with Gasteiger partial charge in [0.25, 0.3) is 0 Å². The number of nitrogens with zero attached hydrogens (tertiary/aromatic N) is 24. The van der Waals surface area contributed by atoms with E-state index in [1.54, 1.807) is 102 Å². The molecule has 0 unspecified atom stereocenters. The molecule has 18 heterocycles. The average Bonchev–Trinajstić information content (AvgIpc) is 1.44. The number of aromatic nitrogens is 24. The monoisotopic (exact) mass is 1920 g/mol. The summed E-state index contributed by atoms with van der Waals surface area (Å²) in [4.78, 5) is 52.2. The lowest BCUT2D eigenvalue weighted by Crippen LogP contribution is -1.94. The molecule has 24 aromatic rings. The first kappa shape index (κ1) is 90.8. The van der Waals surface area contributed by atoms with Gasteiger partial charge in [0.1, 0.15) is 38.0 Å². The standard InChI is InChI=1S/C19H16N4.3C18H13ClN4.C17H10Cl2N4.C17H10ClFN4/c1-13-5-6-15(10-14(13)2)19-17(4-3-9-20-19)16-7-8-18-21-12-22-23(18)11-16;1-12-14(4-2-6-16(12)19)18-15(5-3-9-20-18)13-7-8-17-21-11-22-23(17)10-13;1-12-4-6-14(19)9-16(12)18-15(3-2-8-20-18)13-5-7-17-21-11-22-23(17)10-13;1-12-7-14(9-15(19)8-12)18-16(3-2-6-20-18)13-4-5-17-21-11-22-23(17)10-13;18-13-6-12(7-14(19)8-13)17-15(2-1-5-20-17)11-3-4-16-21-10-22-23(16)9-11;18-14-5-1-3-13(16(14)19)17-12(4-2-8-20-17)11-6-7-15-21-10-22-23(15)9-11/h3-12H,1-2H3;3*2-11H,1H3;2*1-10H. The number of pyridine rings is 12. The number of halogens is 7. The first-order valence-corrected chi connectivity index (χ1v) is 45.4. The summed E-state index contributed by atoms with van der Waals surface area (Å²) in [6.07, 6.45) is 31.5. The van der Waals surface area contributed by atoms with Crippen LogP contribution in [0.3, 0.4) is 0 Å². The highest BCUT2D eigenvalue weighted by Crippen LogP contribution is 2.41. The Balaban J connectivity index is 0.000000106. The predicted octanol–water partition coefficient (Wildman–Crippen LogP) is 26.4. The van der Waals surface area contributed by atoms with Crippen LogP contribution in [0, 0.1) is 40.4 Å². The maximum atomic E-state index is 14.4. The Labute approximate surface area is 819 Å². The number of hydrogen-bond acceptors (Lipinski definition) is 18. The lowest BCUT2D eigenvalue weighted by molar-refractivity contribution is 0.631. The van der Waals surface area contributed by atoms with E-state index in [4.69, 9.17) is 69.6 Å². The van der Waals surface area contributed by atoms with Crippen LogP contribution in [0.4, 0.5) is 4.39 Å². The molecule has 0 bridgehead atoms. The molecule has 18 aromatic heterocycles. The Hall–Kier alpha value is -16.4. The van der Waals surface area contributed by atoms with Crippen molar-refractivity contribution in [1.29, 1.82) is 0 Å². The van der Waals surface area contributed by atoms with Gasteiger partial charge in [0, 0.05) is 200 Å². The Bertz CT molecular complexity index is 8080. The van der Waals surface area contributed by atoms with Crippen LogP contribution in [0.25, 0.3) is 168 Å². The van der Waals surface area contributed by atoms with Gasteiger partial charge < -0.3 is 0 Å². The third-order valence-electron chi connectivity index (χ3n) is 22.8. The highest BCUT2D eigenvalue weighted by Gasteiger charge is 2.21. The minimum atomic E-state index is -0.476. The Morgan fingerprint density at radius 3 is 0.877 bits per heavy atom. The predicted molar refractivity (Wildman–Crippen MR) is 544 cm³/mol. The molecule has 0 atom stereocenters. The molecule has 672 valence electrons. The summed E-state index contributed by atoms with van der Waals surface area (Å²) in [7, 11) is 0. The van der Waals surface area contributed by atoms with Gasteiger partial charge in [0.2, 0.25) is 0 Å². The number of rotatable bonds is 12. The van der Waals surface area contributed by atoms with E-state index >= 15 is 0 Å². The largest absolute Gasteiger partial charge is 0.256 e. The second-order valence-corrected chi connectivity index (χ2v) is 34.3. The number of aryl methyl sites for hydroxylation is 4. The van der Waals surface area contributed by atoms with Crippen molar-refractivity contribution < 1.29 is 4.39 Å². The molecule has 0 saturated carbocycles. The van der Waals surface area contributed by atoms with Gasteiger partial charge in [-0.1, -0.05) is 142 Å². The maximum absolute atomic E-state index is 14.4. The van der Waals surface area contributed by atoms with E-state index in [9.17, 15) is 4.39 Å². The molecule has 24 nitrogen and oxygen atoms in total. The van der Waals surface area contributed by atoms with E-state index in [2.05, 4.69) is 166 Å². The molecule has 31 heteroatoms. The van der Waals surface area contributed by atoms with Gasteiger partial charge >= 0.3 is 0 Å². The van der Waals surface area contributed by atoms with E-state index < -0.39 is 5.82 Å². The molecule has 0 saturated heterocycles. The van der Waals surface area contributed by atoms with Crippen molar-refractivity contribution in [3.63, 3.8) is 0 Å². The molecular weight excluding hydrogens is 1850 g/mol. The van der Waals surface area contributed by atoms with E-state index in [1.165, 1.54) is 29.8 Å². The normalized spacial score (nSPS) is 11.0. The molecule has 6 aromatic carbocycles. The van der Waals surface area contributed by atoms with Crippen LogP contribution in [-0.4, -0.2) is 117 Å². The van der Waals surface area contributed by atoms with E-state index in [0.29, 0.717) is 31.3 Å². The lowest BCUT2D eigenvalue weighted by atomic mass is 9.97. The van der Waals surface area contributed by atoms with Crippen LogP contribution in [-0.2, 0) is 0 Å². The fourth-order valence-corrected chi connectivity index (χ4v) is 17.2. The highest BCUT2D eigenvalue weighted by atomic mass is 35.5. The third-order valence-corrected chi connectivity index (χ3v) is 24.4. The summed E-state index contributed by atoms with van der Waals surface area (Å²) in [5.41, 5.74) is 33.1. The van der Waals surface area contributed by atoms with Gasteiger partial charge in [-0.25, -0.2) is 61.4 Å². The lowest BCUT2D eigenvalue weighted by Gasteiger charge is -2.12. The minimum absolute atomic E-state index is 0.0748. The quantitative estimate of drug-likeness (QED) is 0.110. The van der Waals surface area contributed by atoms with Crippen LogP contribution < -0.4 is 0 Å². The van der Waals surface area contributed by atoms with Crippen LogP contribution in [0.5, 0.6) is 0 Å². The number of fused-ring (bicyclic) bond motifs is 6. The summed E-state index contributed by atoms with van der Waals surface area (Å²) in [5.74, 6) is -0.476. The van der Waals surface area contributed by atoms with Crippen LogP contribution in [0.1, 0.15) is 27.8 Å². The Morgan fingerprint density at radius 2 is 0.507 bits per heavy atom. The SMILES string of the molecule is Cc1c(Cl)cccc1-c1ncccc1-c1ccc2ncnn2c1.Cc1cc(Cl)cc(-c2ncccc2-c2ccc3ncnn3c2)c1.Cc1ccc(-c2ncccc2-c2ccc3ncnn3c2)cc1C.Cc1ccc(Cl)cc1-c1ncccc1-c1ccc2ncnn2c1.Clc1cc(Cl)cc(-c2ncccc2-c2ccc3ncnn3c2)c1.Fc1c(Cl)cccc1-c1ncccc1-c1ccc2ncnn2c1. The summed E-state index contributed by atoms with van der Waals surface area (Å²) in [6, 6.07) is 81.8. The topological polar surface area (TPSA) is 258 Å². The molecule has 138 heavy (non-hydrogen) atoms. The first-order valence-electron chi connectivity index (χ1n) is 43.1. The van der Waals surface area contributed by atoms with Crippen molar-refractivity contribution in [3.8, 4) is 134 Å².